The fraction of sp³-hybridized carbons (Fsp3) is 0.200. The zero-order valence-electron chi connectivity index (χ0n) is 11.3. The van der Waals surface area contributed by atoms with Gasteiger partial charge < -0.3 is 5.32 Å². The summed E-state index contributed by atoms with van der Waals surface area (Å²) in [6.07, 6.45) is 0.828. The third-order valence-electron chi connectivity index (χ3n) is 3.51. The number of fused-ring (bicyclic) bond motifs is 1. The third kappa shape index (κ3) is 3.12. The van der Waals surface area contributed by atoms with Gasteiger partial charge in [-0.1, -0.05) is 28.1 Å². The van der Waals surface area contributed by atoms with Crippen molar-refractivity contribution >= 4 is 31.6 Å². The maximum absolute atomic E-state index is 12.5. The van der Waals surface area contributed by atoms with E-state index in [0.717, 1.165) is 35.1 Å². The van der Waals surface area contributed by atoms with Crippen LogP contribution >= 0.6 is 15.9 Å². The van der Waals surface area contributed by atoms with Gasteiger partial charge in [0.2, 0.25) is 0 Å². The summed E-state index contributed by atoms with van der Waals surface area (Å²) in [5.74, 6) is 0. The SMILES string of the molecule is O=S(=O)(Nc1cccc2c1CCNC2)c1ccc(Br)cc1. The molecule has 0 aliphatic carbocycles. The van der Waals surface area contributed by atoms with Crippen LogP contribution in [0.1, 0.15) is 11.1 Å². The van der Waals surface area contributed by atoms with Gasteiger partial charge in [0.25, 0.3) is 10.0 Å². The molecule has 0 spiro atoms. The van der Waals surface area contributed by atoms with Crippen molar-refractivity contribution in [3.63, 3.8) is 0 Å². The lowest BCUT2D eigenvalue weighted by atomic mass is 9.99. The van der Waals surface area contributed by atoms with E-state index in [-0.39, 0.29) is 4.90 Å². The van der Waals surface area contributed by atoms with Crippen molar-refractivity contribution < 1.29 is 8.42 Å². The van der Waals surface area contributed by atoms with Gasteiger partial charge in [-0.2, -0.15) is 0 Å². The highest BCUT2D eigenvalue weighted by molar-refractivity contribution is 9.10. The zero-order valence-corrected chi connectivity index (χ0v) is 13.7. The molecule has 0 atom stereocenters. The normalized spacial score (nSPS) is 14.5. The fourth-order valence-corrected chi connectivity index (χ4v) is 3.80. The molecule has 6 heteroatoms. The Balaban J connectivity index is 1.94. The monoisotopic (exact) mass is 366 g/mol. The van der Waals surface area contributed by atoms with Crippen molar-refractivity contribution in [2.24, 2.45) is 0 Å². The Morgan fingerprint density at radius 3 is 2.62 bits per heavy atom. The van der Waals surface area contributed by atoms with E-state index in [1.165, 1.54) is 0 Å². The second-order valence-corrected chi connectivity index (χ2v) is 7.53. The minimum absolute atomic E-state index is 0.261. The molecule has 110 valence electrons. The second kappa shape index (κ2) is 5.79. The minimum Gasteiger partial charge on any atom is -0.312 e. The van der Waals surface area contributed by atoms with Crippen LogP contribution in [0.3, 0.4) is 0 Å². The number of rotatable bonds is 3. The largest absolute Gasteiger partial charge is 0.312 e. The van der Waals surface area contributed by atoms with E-state index in [1.54, 1.807) is 24.3 Å². The average Bonchev–Trinajstić information content (AvgIpc) is 2.48. The zero-order chi connectivity index (χ0) is 14.9. The number of hydrogen-bond donors (Lipinski definition) is 2. The van der Waals surface area contributed by atoms with Crippen molar-refractivity contribution in [1.29, 1.82) is 0 Å². The van der Waals surface area contributed by atoms with E-state index >= 15 is 0 Å². The maximum atomic E-state index is 12.5. The van der Waals surface area contributed by atoms with Gasteiger partial charge in [0.1, 0.15) is 0 Å². The summed E-state index contributed by atoms with van der Waals surface area (Å²) in [5, 5.41) is 3.29. The van der Waals surface area contributed by atoms with Gasteiger partial charge in [0.15, 0.2) is 0 Å². The van der Waals surface area contributed by atoms with Crippen LogP contribution in [0, 0.1) is 0 Å². The Morgan fingerprint density at radius 2 is 1.86 bits per heavy atom. The molecule has 1 heterocycles. The van der Waals surface area contributed by atoms with E-state index in [0.29, 0.717) is 5.69 Å². The van der Waals surface area contributed by atoms with E-state index in [1.807, 2.05) is 18.2 Å². The van der Waals surface area contributed by atoms with E-state index in [9.17, 15) is 8.42 Å². The molecule has 1 aliphatic heterocycles. The summed E-state index contributed by atoms with van der Waals surface area (Å²) in [6.45, 7) is 1.65. The van der Waals surface area contributed by atoms with Crippen LogP contribution in [-0.2, 0) is 23.0 Å². The number of hydrogen-bond acceptors (Lipinski definition) is 3. The molecular formula is C15H15BrN2O2S. The summed E-state index contributed by atoms with van der Waals surface area (Å²) < 4.78 is 28.5. The molecule has 21 heavy (non-hydrogen) atoms. The first-order chi connectivity index (χ1) is 10.1. The first-order valence-corrected chi connectivity index (χ1v) is 8.94. The molecule has 1 aliphatic rings. The molecule has 3 rings (SSSR count). The lowest BCUT2D eigenvalue weighted by Gasteiger charge is -2.21. The summed E-state index contributed by atoms with van der Waals surface area (Å²) in [5.41, 5.74) is 2.91. The van der Waals surface area contributed by atoms with Crippen molar-refractivity contribution in [3.8, 4) is 0 Å². The number of sulfonamides is 1. The second-order valence-electron chi connectivity index (χ2n) is 4.93. The lowest BCUT2D eigenvalue weighted by molar-refractivity contribution is 0.600. The van der Waals surface area contributed by atoms with Crippen LogP contribution in [0.4, 0.5) is 5.69 Å². The molecule has 0 bridgehead atoms. The molecule has 4 nitrogen and oxygen atoms in total. The van der Waals surface area contributed by atoms with Crippen molar-refractivity contribution in [2.75, 3.05) is 11.3 Å². The average molecular weight is 367 g/mol. The summed E-state index contributed by atoms with van der Waals surface area (Å²) in [6, 6.07) is 12.3. The molecular weight excluding hydrogens is 352 g/mol. The van der Waals surface area contributed by atoms with E-state index in [4.69, 9.17) is 0 Å². The Morgan fingerprint density at radius 1 is 1.10 bits per heavy atom. The Bertz CT molecular complexity index is 758. The molecule has 0 fully saturated rings. The van der Waals surface area contributed by atoms with Crippen LogP contribution in [0.25, 0.3) is 0 Å². The first-order valence-electron chi connectivity index (χ1n) is 6.66. The van der Waals surface area contributed by atoms with Crippen LogP contribution < -0.4 is 10.0 Å². The van der Waals surface area contributed by atoms with Gasteiger partial charge in [0.05, 0.1) is 10.6 Å². The highest BCUT2D eigenvalue weighted by Crippen LogP contribution is 2.26. The number of halogens is 1. The summed E-state index contributed by atoms with van der Waals surface area (Å²) in [7, 11) is -3.55. The van der Waals surface area contributed by atoms with Gasteiger partial charge in [0, 0.05) is 11.0 Å². The van der Waals surface area contributed by atoms with Gasteiger partial charge >= 0.3 is 0 Å². The Kier molecular flexibility index (Phi) is 4.01. The quantitative estimate of drug-likeness (QED) is 0.877. The molecule has 0 aromatic heterocycles. The molecule has 0 unspecified atom stereocenters. The van der Waals surface area contributed by atoms with Crippen LogP contribution in [0.5, 0.6) is 0 Å². The highest BCUT2D eigenvalue weighted by atomic mass is 79.9. The smallest absolute Gasteiger partial charge is 0.261 e. The van der Waals surface area contributed by atoms with Gasteiger partial charge in [-0.25, -0.2) is 8.42 Å². The van der Waals surface area contributed by atoms with Gasteiger partial charge in [-0.05, 0) is 54.4 Å². The molecule has 2 aromatic rings. The predicted octanol–water partition coefficient (Wildman–Crippen LogP) is 2.90. The van der Waals surface area contributed by atoms with Crippen LogP contribution in [0.15, 0.2) is 51.8 Å². The van der Waals surface area contributed by atoms with Crippen molar-refractivity contribution in [1.82, 2.24) is 5.32 Å². The van der Waals surface area contributed by atoms with Crippen molar-refractivity contribution in [2.45, 2.75) is 17.9 Å². The predicted molar refractivity (Wildman–Crippen MR) is 86.8 cm³/mol. The molecule has 2 aromatic carbocycles. The van der Waals surface area contributed by atoms with Gasteiger partial charge in [-0.15, -0.1) is 0 Å². The summed E-state index contributed by atoms with van der Waals surface area (Å²) >= 11 is 3.31. The lowest BCUT2D eigenvalue weighted by Crippen LogP contribution is -2.25. The van der Waals surface area contributed by atoms with Crippen LogP contribution in [-0.4, -0.2) is 15.0 Å². The Labute approximate surface area is 132 Å². The Hall–Kier alpha value is -1.37. The maximum Gasteiger partial charge on any atom is 0.261 e. The highest BCUT2D eigenvalue weighted by Gasteiger charge is 2.18. The van der Waals surface area contributed by atoms with E-state index in [2.05, 4.69) is 26.0 Å². The molecule has 2 N–H and O–H groups in total. The molecule has 0 saturated heterocycles. The topological polar surface area (TPSA) is 58.2 Å². The molecule has 0 saturated carbocycles. The third-order valence-corrected chi connectivity index (χ3v) is 5.42. The molecule has 0 amide bonds. The number of anilines is 1. The number of nitrogens with one attached hydrogen (secondary N) is 2. The van der Waals surface area contributed by atoms with Crippen molar-refractivity contribution in [3.05, 3.63) is 58.1 Å². The van der Waals surface area contributed by atoms with Crippen LogP contribution in [0.2, 0.25) is 0 Å². The standard InChI is InChI=1S/C15H15BrN2O2S/c16-12-4-6-13(7-5-12)21(19,20)18-15-3-1-2-11-10-17-9-8-14(11)15/h1-7,17-18H,8-10H2. The molecule has 0 radical (unpaired) electrons. The fourth-order valence-electron chi connectivity index (χ4n) is 2.44. The van der Waals surface area contributed by atoms with Gasteiger partial charge in [-0.3, -0.25) is 4.72 Å². The first kappa shape index (κ1) is 14.6. The number of benzene rings is 2. The van der Waals surface area contributed by atoms with E-state index < -0.39 is 10.0 Å². The summed E-state index contributed by atoms with van der Waals surface area (Å²) in [4.78, 5) is 0.261. The minimum atomic E-state index is -3.55.